The number of hydrogen-bond acceptors (Lipinski definition) is 2. The highest BCUT2D eigenvalue weighted by Crippen LogP contribution is 2.16. The van der Waals surface area contributed by atoms with E-state index in [1.807, 2.05) is 19.9 Å². The van der Waals surface area contributed by atoms with E-state index in [0.717, 1.165) is 5.56 Å². The van der Waals surface area contributed by atoms with Crippen molar-refractivity contribution in [3.05, 3.63) is 29.0 Å². The van der Waals surface area contributed by atoms with Crippen LogP contribution < -0.4 is 5.73 Å². The van der Waals surface area contributed by atoms with E-state index in [2.05, 4.69) is 4.98 Å². The molecule has 0 bridgehead atoms. The average Bonchev–Trinajstić information content (AvgIpc) is 1.86. The van der Waals surface area contributed by atoms with Crippen molar-refractivity contribution in [1.29, 1.82) is 0 Å². The molecule has 0 saturated heterocycles. The van der Waals surface area contributed by atoms with Gasteiger partial charge in [0.25, 0.3) is 0 Å². The third-order valence-electron chi connectivity index (χ3n) is 1.47. The van der Waals surface area contributed by atoms with E-state index in [0.29, 0.717) is 5.15 Å². The Morgan fingerprint density at radius 2 is 2.09 bits per heavy atom. The number of rotatable bonds is 1. The standard InChI is InChI=1S/C8H11ClN2/c1-8(2,10)6-3-4-7(9)11-5-6/h3-5H,10H2,1-2H3. The highest BCUT2D eigenvalue weighted by atomic mass is 35.5. The minimum absolute atomic E-state index is 0.336. The van der Waals surface area contributed by atoms with Crippen molar-refractivity contribution in [2.75, 3.05) is 0 Å². The molecular weight excluding hydrogens is 160 g/mol. The molecule has 0 amide bonds. The Hall–Kier alpha value is -0.600. The van der Waals surface area contributed by atoms with Crippen molar-refractivity contribution in [2.45, 2.75) is 19.4 Å². The van der Waals surface area contributed by atoms with Gasteiger partial charge in [0.05, 0.1) is 0 Å². The molecule has 3 heteroatoms. The summed E-state index contributed by atoms with van der Waals surface area (Å²) in [5.74, 6) is 0. The molecule has 0 aliphatic heterocycles. The van der Waals surface area contributed by atoms with Crippen LogP contribution in [0.3, 0.4) is 0 Å². The topological polar surface area (TPSA) is 38.9 Å². The lowest BCUT2D eigenvalue weighted by Gasteiger charge is -2.17. The van der Waals surface area contributed by atoms with Gasteiger partial charge in [-0.15, -0.1) is 0 Å². The highest BCUT2D eigenvalue weighted by molar-refractivity contribution is 6.29. The molecule has 1 heterocycles. The van der Waals surface area contributed by atoms with Crippen molar-refractivity contribution in [3.63, 3.8) is 0 Å². The lowest BCUT2D eigenvalue weighted by molar-refractivity contribution is 0.552. The maximum atomic E-state index is 5.82. The van der Waals surface area contributed by atoms with E-state index in [1.165, 1.54) is 0 Å². The van der Waals surface area contributed by atoms with Gasteiger partial charge in [0, 0.05) is 11.7 Å². The second-order valence-corrected chi connectivity index (χ2v) is 3.48. The SMILES string of the molecule is CC(C)(N)c1ccc(Cl)nc1. The van der Waals surface area contributed by atoms with Crippen molar-refractivity contribution < 1.29 is 0 Å². The summed E-state index contributed by atoms with van der Waals surface area (Å²) in [4.78, 5) is 3.93. The van der Waals surface area contributed by atoms with Gasteiger partial charge >= 0.3 is 0 Å². The predicted molar refractivity (Wildman–Crippen MR) is 46.5 cm³/mol. The largest absolute Gasteiger partial charge is 0.322 e. The quantitative estimate of drug-likeness (QED) is 0.655. The summed E-state index contributed by atoms with van der Waals surface area (Å²) in [6.45, 7) is 3.86. The number of nitrogens with two attached hydrogens (primary N) is 1. The van der Waals surface area contributed by atoms with E-state index in [1.54, 1.807) is 12.3 Å². The molecule has 0 saturated carbocycles. The molecule has 60 valence electrons. The fourth-order valence-corrected chi connectivity index (χ4v) is 0.869. The van der Waals surface area contributed by atoms with Crippen LogP contribution in [0.15, 0.2) is 18.3 Å². The summed E-state index contributed by atoms with van der Waals surface area (Å²) < 4.78 is 0. The molecule has 0 fully saturated rings. The first-order valence-electron chi connectivity index (χ1n) is 3.41. The number of pyridine rings is 1. The van der Waals surface area contributed by atoms with Crippen LogP contribution in [0.5, 0.6) is 0 Å². The van der Waals surface area contributed by atoms with E-state index >= 15 is 0 Å². The number of nitrogens with zero attached hydrogens (tertiary/aromatic N) is 1. The van der Waals surface area contributed by atoms with Crippen LogP contribution >= 0.6 is 11.6 Å². The predicted octanol–water partition coefficient (Wildman–Crippen LogP) is 1.93. The van der Waals surface area contributed by atoms with Gasteiger partial charge in [0.15, 0.2) is 0 Å². The van der Waals surface area contributed by atoms with Crippen molar-refractivity contribution in [1.82, 2.24) is 4.98 Å². The second-order valence-electron chi connectivity index (χ2n) is 3.09. The Labute approximate surface area is 71.4 Å². The zero-order valence-corrected chi connectivity index (χ0v) is 7.39. The molecule has 0 atom stereocenters. The maximum Gasteiger partial charge on any atom is 0.129 e. The van der Waals surface area contributed by atoms with E-state index in [4.69, 9.17) is 17.3 Å². The second kappa shape index (κ2) is 2.80. The zero-order chi connectivity index (χ0) is 8.48. The zero-order valence-electron chi connectivity index (χ0n) is 6.63. The molecule has 2 N–H and O–H groups in total. The first-order chi connectivity index (χ1) is 5.00. The third-order valence-corrected chi connectivity index (χ3v) is 1.69. The Bertz CT molecular complexity index is 235. The lowest BCUT2D eigenvalue weighted by atomic mass is 9.98. The molecular formula is C8H11ClN2. The Kier molecular flexibility index (Phi) is 2.16. The van der Waals surface area contributed by atoms with Gasteiger partial charge in [-0.3, -0.25) is 0 Å². The Morgan fingerprint density at radius 1 is 1.45 bits per heavy atom. The van der Waals surface area contributed by atoms with Gasteiger partial charge in [0.1, 0.15) is 5.15 Å². The van der Waals surface area contributed by atoms with Crippen molar-refractivity contribution in [3.8, 4) is 0 Å². The molecule has 0 aliphatic rings. The molecule has 1 aromatic rings. The van der Waals surface area contributed by atoms with Crippen LogP contribution in [0.25, 0.3) is 0 Å². The van der Waals surface area contributed by atoms with Crippen molar-refractivity contribution in [2.24, 2.45) is 5.73 Å². The Balaban J connectivity index is 2.99. The summed E-state index contributed by atoms with van der Waals surface area (Å²) in [6, 6.07) is 3.63. The number of hydrogen-bond donors (Lipinski definition) is 1. The summed E-state index contributed by atoms with van der Waals surface area (Å²) >= 11 is 5.61. The lowest BCUT2D eigenvalue weighted by Crippen LogP contribution is -2.28. The van der Waals surface area contributed by atoms with E-state index < -0.39 is 0 Å². The highest BCUT2D eigenvalue weighted by Gasteiger charge is 2.13. The Morgan fingerprint density at radius 3 is 2.45 bits per heavy atom. The number of halogens is 1. The summed E-state index contributed by atoms with van der Waals surface area (Å²) in [5, 5.41) is 0.498. The van der Waals surface area contributed by atoms with Crippen LogP contribution in [0, 0.1) is 0 Å². The molecule has 2 nitrogen and oxygen atoms in total. The van der Waals surface area contributed by atoms with Gasteiger partial charge in [-0.25, -0.2) is 4.98 Å². The number of aromatic nitrogens is 1. The van der Waals surface area contributed by atoms with Gasteiger partial charge in [-0.05, 0) is 25.5 Å². The van der Waals surface area contributed by atoms with Crippen LogP contribution in [0.4, 0.5) is 0 Å². The summed E-state index contributed by atoms with van der Waals surface area (Å²) in [5.41, 5.74) is 6.48. The molecule has 11 heavy (non-hydrogen) atoms. The molecule has 1 aromatic heterocycles. The molecule has 0 aliphatic carbocycles. The molecule has 0 radical (unpaired) electrons. The summed E-state index contributed by atoms with van der Waals surface area (Å²) in [7, 11) is 0. The van der Waals surface area contributed by atoms with Crippen LogP contribution in [-0.4, -0.2) is 4.98 Å². The molecule has 1 rings (SSSR count). The van der Waals surface area contributed by atoms with E-state index in [-0.39, 0.29) is 5.54 Å². The minimum atomic E-state index is -0.336. The van der Waals surface area contributed by atoms with Gasteiger partial charge in [-0.1, -0.05) is 17.7 Å². The van der Waals surface area contributed by atoms with Gasteiger partial charge in [-0.2, -0.15) is 0 Å². The maximum absolute atomic E-state index is 5.82. The summed E-state index contributed by atoms with van der Waals surface area (Å²) in [6.07, 6.45) is 1.70. The molecule has 0 unspecified atom stereocenters. The smallest absolute Gasteiger partial charge is 0.129 e. The fourth-order valence-electron chi connectivity index (χ4n) is 0.757. The first kappa shape index (κ1) is 8.50. The minimum Gasteiger partial charge on any atom is -0.322 e. The van der Waals surface area contributed by atoms with Crippen LogP contribution in [0.2, 0.25) is 5.15 Å². The average molecular weight is 171 g/mol. The van der Waals surface area contributed by atoms with E-state index in [9.17, 15) is 0 Å². The molecule has 0 aromatic carbocycles. The third kappa shape index (κ3) is 2.17. The van der Waals surface area contributed by atoms with Crippen LogP contribution in [0.1, 0.15) is 19.4 Å². The fraction of sp³-hybridized carbons (Fsp3) is 0.375. The first-order valence-corrected chi connectivity index (χ1v) is 3.79. The monoisotopic (exact) mass is 170 g/mol. The van der Waals surface area contributed by atoms with Gasteiger partial charge in [0.2, 0.25) is 0 Å². The normalized spacial score (nSPS) is 11.6. The van der Waals surface area contributed by atoms with Crippen LogP contribution in [-0.2, 0) is 5.54 Å². The molecule has 0 spiro atoms. The van der Waals surface area contributed by atoms with Crippen molar-refractivity contribution >= 4 is 11.6 Å². The van der Waals surface area contributed by atoms with Gasteiger partial charge < -0.3 is 5.73 Å².